The minimum absolute atomic E-state index is 0.000784. The Bertz CT molecular complexity index is 462. The SMILES string of the molecule is CCCC1(C)OCC(CC)N1C(=O)COc1ccccc1. The predicted molar refractivity (Wildman–Crippen MR) is 82.1 cm³/mol. The molecule has 1 fully saturated rings. The first-order valence-corrected chi connectivity index (χ1v) is 7.74. The Hall–Kier alpha value is -1.55. The molecule has 2 atom stereocenters. The van der Waals surface area contributed by atoms with E-state index in [9.17, 15) is 4.79 Å². The first kappa shape index (κ1) is 15.8. The number of ether oxygens (including phenoxy) is 2. The van der Waals surface area contributed by atoms with E-state index in [0.29, 0.717) is 6.61 Å². The normalized spacial score (nSPS) is 25.1. The number of amides is 1. The molecule has 0 aliphatic carbocycles. The Balaban J connectivity index is 2.03. The van der Waals surface area contributed by atoms with Crippen LogP contribution in [0.25, 0.3) is 0 Å². The zero-order valence-corrected chi connectivity index (χ0v) is 13.2. The smallest absolute Gasteiger partial charge is 0.263 e. The molecular formula is C17H25NO3. The zero-order chi connectivity index (χ0) is 15.3. The van der Waals surface area contributed by atoms with Crippen molar-refractivity contribution in [1.29, 1.82) is 0 Å². The lowest BCUT2D eigenvalue weighted by Crippen LogP contribution is -2.51. The Morgan fingerprint density at radius 3 is 2.71 bits per heavy atom. The third-order valence-electron chi connectivity index (χ3n) is 4.02. The van der Waals surface area contributed by atoms with Crippen molar-refractivity contribution in [3.8, 4) is 5.75 Å². The molecule has 0 spiro atoms. The van der Waals surface area contributed by atoms with Gasteiger partial charge in [-0.25, -0.2) is 0 Å². The molecule has 4 nitrogen and oxygen atoms in total. The summed E-state index contributed by atoms with van der Waals surface area (Å²) in [5.74, 6) is 0.718. The number of rotatable bonds is 6. The van der Waals surface area contributed by atoms with Crippen LogP contribution >= 0.6 is 0 Å². The zero-order valence-electron chi connectivity index (χ0n) is 13.2. The summed E-state index contributed by atoms with van der Waals surface area (Å²) >= 11 is 0. The van der Waals surface area contributed by atoms with Crippen LogP contribution in [0.15, 0.2) is 30.3 Å². The van der Waals surface area contributed by atoms with E-state index in [2.05, 4.69) is 13.8 Å². The van der Waals surface area contributed by atoms with E-state index in [0.717, 1.165) is 25.0 Å². The first-order valence-electron chi connectivity index (χ1n) is 7.74. The second-order valence-corrected chi connectivity index (χ2v) is 5.66. The quantitative estimate of drug-likeness (QED) is 0.808. The van der Waals surface area contributed by atoms with Gasteiger partial charge in [0.25, 0.3) is 5.91 Å². The van der Waals surface area contributed by atoms with Gasteiger partial charge in [-0.1, -0.05) is 38.5 Å². The molecule has 1 aliphatic heterocycles. The van der Waals surface area contributed by atoms with Crippen LogP contribution in [0, 0.1) is 0 Å². The lowest BCUT2D eigenvalue weighted by molar-refractivity contribution is -0.151. The lowest BCUT2D eigenvalue weighted by Gasteiger charge is -2.36. The fourth-order valence-corrected chi connectivity index (χ4v) is 2.96. The fraction of sp³-hybridized carbons (Fsp3) is 0.588. The van der Waals surface area contributed by atoms with Gasteiger partial charge in [0.2, 0.25) is 0 Å². The maximum atomic E-state index is 12.6. The van der Waals surface area contributed by atoms with E-state index in [4.69, 9.17) is 9.47 Å². The molecule has 0 bridgehead atoms. The molecule has 0 radical (unpaired) electrons. The van der Waals surface area contributed by atoms with Gasteiger partial charge in [-0.15, -0.1) is 0 Å². The predicted octanol–water partition coefficient (Wildman–Crippen LogP) is 3.22. The van der Waals surface area contributed by atoms with Gasteiger partial charge in [0.1, 0.15) is 11.5 Å². The molecule has 116 valence electrons. The van der Waals surface area contributed by atoms with E-state index < -0.39 is 5.72 Å². The van der Waals surface area contributed by atoms with Crippen molar-refractivity contribution < 1.29 is 14.3 Å². The molecule has 21 heavy (non-hydrogen) atoms. The Morgan fingerprint density at radius 2 is 2.10 bits per heavy atom. The van der Waals surface area contributed by atoms with E-state index in [1.807, 2.05) is 42.2 Å². The van der Waals surface area contributed by atoms with Crippen molar-refractivity contribution in [2.24, 2.45) is 0 Å². The summed E-state index contributed by atoms with van der Waals surface area (Å²) < 4.78 is 11.5. The fourth-order valence-electron chi connectivity index (χ4n) is 2.96. The van der Waals surface area contributed by atoms with E-state index >= 15 is 0 Å². The van der Waals surface area contributed by atoms with Crippen LogP contribution in [-0.4, -0.2) is 35.8 Å². The highest BCUT2D eigenvalue weighted by molar-refractivity contribution is 5.79. The topological polar surface area (TPSA) is 38.8 Å². The van der Waals surface area contributed by atoms with Crippen LogP contribution in [0.2, 0.25) is 0 Å². The third kappa shape index (κ3) is 3.56. The molecule has 4 heteroatoms. The second-order valence-electron chi connectivity index (χ2n) is 5.66. The largest absolute Gasteiger partial charge is 0.484 e. The van der Waals surface area contributed by atoms with Gasteiger partial charge in [0, 0.05) is 0 Å². The summed E-state index contributed by atoms with van der Waals surface area (Å²) in [6, 6.07) is 9.58. The molecule has 0 saturated carbocycles. The number of para-hydroxylation sites is 1. The summed E-state index contributed by atoms with van der Waals surface area (Å²) in [7, 11) is 0. The Labute approximate surface area is 127 Å². The van der Waals surface area contributed by atoms with E-state index in [-0.39, 0.29) is 18.6 Å². The van der Waals surface area contributed by atoms with Crippen LogP contribution in [0.5, 0.6) is 5.75 Å². The monoisotopic (exact) mass is 291 g/mol. The Kier molecular flexibility index (Phi) is 5.23. The van der Waals surface area contributed by atoms with Crippen molar-refractivity contribution in [2.45, 2.75) is 51.8 Å². The molecule has 0 N–H and O–H groups in total. The maximum absolute atomic E-state index is 12.6. The number of carbonyl (C=O) groups is 1. The summed E-state index contributed by atoms with van der Waals surface area (Å²) in [6.45, 7) is 6.88. The second kappa shape index (κ2) is 6.94. The van der Waals surface area contributed by atoms with Crippen molar-refractivity contribution in [3.05, 3.63) is 30.3 Å². The van der Waals surface area contributed by atoms with E-state index in [1.54, 1.807) is 0 Å². The third-order valence-corrected chi connectivity index (χ3v) is 4.02. The lowest BCUT2D eigenvalue weighted by atomic mass is 10.1. The standard InChI is InChI=1S/C17H25NO3/c1-4-11-17(3)18(14(5-2)12-21-17)16(19)13-20-15-9-7-6-8-10-15/h6-10,14H,4-5,11-13H2,1-3H3. The van der Waals surface area contributed by atoms with Crippen LogP contribution in [-0.2, 0) is 9.53 Å². The van der Waals surface area contributed by atoms with Gasteiger partial charge >= 0.3 is 0 Å². The summed E-state index contributed by atoms with van der Waals surface area (Å²) in [5.41, 5.74) is -0.493. The van der Waals surface area contributed by atoms with Crippen LogP contribution in [0.3, 0.4) is 0 Å². The van der Waals surface area contributed by atoms with Gasteiger partial charge in [0.05, 0.1) is 12.6 Å². The average molecular weight is 291 g/mol. The average Bonchev–Trinajstić information content (AvgIpc) is 2.83. The Morgan fingerprint density at radius 1 is 1.38 bits per heavy atom. The van der Waals surface area contributed by atoms with Crippen LogP contribution in [0.4, 0.5) is 0 Å². The highest BCUT2D eigenvalue weighted by atomic mass is 16.5. The molecule has 1 saturated heterocycles. The number of hydrogen-bond donors (Lipinski definition) is 0. The molecule has 0 aromatic heterocycles. The molecular weight excluding hydrogens is 266 g/mol. The van der Waals surface area contributed by atoms with Gasteiger partial charge in [0.15, 0.2) is 6.61 Å². The summed E-state index contributed by atoms with van der Waals surface area (Å²) in [6.07, 6.45) is 2.73. The minimum atomic E-state index is -0.493. The molecule has 1 heterocycles. The summed E-state index contributed by atoms with van der Waals surface area (Å²) in [5, 5.41) is 0. The van der Waals surface area contributed by atoms with Gasteiger partial charge in [-0.2, -0.15) is 0 Å². The molecule has 1 aromatic carbocycles. The molecule has 1 aliphatic rings. The van der Waals surface area contributed by atoms with Gasteiger partial charge in [-0.3, -0.25) is 4.79 Å². The van der Waals surface area contributed by atoms with Crippen molar-refractivity contribution in [2.75, 3.05) is 13.2 Å². The minimum Gasteiger partial charge on any atom is -0.484 e. The van der Waals surface area contributed by atoms with Gasteiger partial charge < -0.3 is 14.4 Å². The molecule has 2 unspecified atom stereocenters. The highest BCUT2D eigenvalue weighted by Gasteiger charge is 2.45. The number of hydrogen-bond acceptors (Lipinski definition) is 3. The maximum Gasteiger partial charge on any atom is 0.263 e. The highest BCUT2D eigenvalue weighted by Crippen LogP contribution is 2.33. The van der Waals surface area contributed by atoms with Crippen LogP contribution in [0.1, 0.15) is 40.0 Å². The number of carbonyl (C=O) groups excluding carboxylic acids is 1. The first-order chi connectivity index (χ1) is 10.1. The van der Waals surface area contributed by atoms with Crippen molar-refractivity contribution >= 4 is 5.91 Å². The number of nitrogens with zero attached hydrogens (tertiary/aromatic N) is 1. The molecule has 1 amide bonds. The number of benzene rings is 1. The molecule has 2 rings (SSSR count). The van der Waals surface area contributed by atoms with Crippen molar-refractivity contribution in [1.82, 2.24) is 4.90 Å². The molecule has 1 aromatic rings. The van der Waals surface area contributed by atoms with E-state index in [1.165, 1.54) is 0 Å². The van der Waals surface area contributed by atoms with Crippen LogP contribution < -0.4 is 4.74 Å². The van der Waals surface area contributed by atoms with Crippen molar-refractivity contribution in [3.63, 3.8) is 0 Å². The summed E-state index contributed by atoms with van der Waals surface area (Å²) in [4.78, 5) is 14.5. The van der Waals surface area contributed by atoms with Gasteiger partial charge in [-0.05, 0) is 31.9 Å².